The van der Waals surface area contributed by atoms with E-state index in [0.717, 1.165) is 4.47 Å². The lowest BCUT2D eigenvalue weighted by Gasteiger charge is -2.38. The van der Waals surface area contributed by atoms with Gasteiger partial charge < -0.3 is 0 Å². The Morgan fingerprint density at radius 2 is 1.50 bits per heavy atom. The lowest BCUT2D eigenvalue weighted by Crippen LogP contribution is -2.43. The molecule has 0 N–H and O–H groups in total. The summed E-state index contributed by atoms with van der Waals surface area (Å²) in [5, 5.41) is 0. The van der Waals surface area contributed by atoms with E-state index in [1.165, 1.54) is 6.07 Å². The second kappa shape index (κ2) is 6.91. The first-order valence-corrected chi connectivity index (χ1v) is 10.2. The largest absolute Gasteiger partial charge is 0.206 e. The molecule has 0 spiro atoms. The SMILES string of the molecule is CC(C)[Si](C#Cc1cc(Br)ccc1F)(C(C)C)C(C)C. The summed E-state index contributed by atoms with van der Waals surface area (Å²) in [6.45, 7) is 13.6. The zero-order valence-electron chi connectivity index (χ0n) is 13.2. The summed E-state index contributed by atoms with van der Waals surface area (Å²) in [6, 6.07) is 4.94. The Bertz CT molecular complexity index is 502. The van der Waals surface area contributed by atoms with Crippen molar-refractivity contribution < 1.29 is 4.39 Å². The van der Waals surface area contributed by atoms with Crippen molar-refractivity contribution in [2.75, 3.05) is 0 Å². The maximum atomic E-state index is 13.8. The van der Waals surface area contributed by atoms with Crippen molar-refractivity contribution in [2.45, 2.75) is 58.2 Å². The minimum Gasteiger partial charge on any atom is -0.206 e. The molecule has 20 heavy (non-hydrogen) atoms. The molecule has 0 nitrogen and oxygen atoms in total. The van der Waals surface area contributed by atoms with E-state index in [-0.39, 0.29) is 5.82 Å². The molecule has 0 amide bonds. The molecule has 0 aliphatic carbocycles. The van der Waals surface area contributed by atoms with Gasteiger partial charge in [0.2, 0.25) is 0 Å². The monoisotopic (exact) mass is 354 g/mol. The van der Waals surface area contributed by atoms with Crippen molar-refractivity contribution in [2.24, 2.45) is 0 Å². The number of hydrogen-bond donors (Lipinski definition) is 0. The van der Waals surface area contributed by atoms with Gasteiger partial charge in [-0.05, 0) is 34.8 Å². The number of halogens is 2. The van der Waals surface area contributed by atoms with Gasteiger partial charge in [-0.2, -0.15) is 0 Å². The smallest absolute Gasteiger partial charge is 0.146 e. The maximum Gasteiger partial charge on any atom is 0.146 e. The lowest BCUT2D eigenvalue weighted by molar-refractivity contribution is 0.624. The summed E-state index contributed by atoms with van der Waals surface area (Å²) in [5.41, 5.74) is 5.72. The topological polar surface area (TPSA) is 0 Å². The first kappa shape index (κ1) is 17.5. The van der Waals surface area contributed by atoms with Gasteiger partial charge in [-0.3, -0.25) is 0 Å². The first-order chi connectivity index (χ1) is 9.21. The normalized spacial score (nSPS) is 11.9. The van der Waals surface area contributed by atoms with Gasteiger partial charge in [-0.15, -0.1) is 5.54 Å². The third-order valence-electron chi connectivity index (χ3n) is 4.21. The van der Waals surface area contributed by atoms with E-state index in [2.05, 4.69) is 68.9 Å². The molecule has 0 fully saturated rings. The van der Waals surface area contributed by atoms with Crippen LogP contribution in [0.4, 0.5) is 4.39 Å². The molecule has 0 atom stereocenters. The summed E-state index contributed by atoms with van der Waals surface area (Å²) < 4.78 is 14.7. The molecule has 1 aromatic carbocycles. The summed E-state index contributed by atoms with van der Waals surface area (Å²) in [7, 11) is -1.79. The minimum absolute atomic E-state index is 0.236. The number of hydrogen-bond acceptors (Lipinski definition) is 0. The van der Waals surface area contributed by atoms with Gasteiger partial charge in [-0.1, -0.05) is 63.4 Å². The van der Waals surface area contributed by atoms with E-state index in [0.29, 0.717) is 22.2 Å². The molecular weight excluding hydrogens is 331 g/mol. The third-order valence-corrected chi connectivity index (χ3v) is 11.0. The Hall–Kier alpha value is -0.593. The molecule has 0 aliphatic heterocycles. The van der Waals surface area contributed by atoms with Crippen LogP contribution in [0.15, 0.2) is 22.7 Å². The van der Waals surface area contributed by atoms with Crippen molar-refractivity contribution in [1.29, 1.82) is 0 Å². The van der Waals surface area contributed by atoms with E-state index in [9.17, 15) is 4.39 Å². The van der Waals surface area contributed by atoms with Gasteiger partial charge in [0.15, 0.2) is 0 Å². The van der Waals surface area contributed by atoms with Gasteiger partial charge in [0.25, 0.3) is 0 Å². The molecule has 0 aliphatic rings. The van der Waals surface area contributed by atoms with Gasteiger partial charge in [-0.25, -0.2) is 4.39 Å². The average molecular weight is 355 g/mol. The molecule has 3 heteroatoms. The molecule has 0 aromatic heterocycles. The van der Waals surface area contributed by atoms with Gasteiger partial charge in [0.05, 0.1) is 5.56 Å². The second-order valence-corrected chi connectivity index (χ2v) is 12.8. The molecule has 0 saturated heterocycles. The Morgan fingerprint density at radius 3 is 1.95 bits per heavy atom. The van der Waals surface area contributed by atoms with Crippen LogP contribution < -0.4 is 0 Å². The number of rotatable bonds is 3. The van der Waals surface area contributed by atoms with Crippen LogP contribution in [-0.2, 0) is 0 Å². The molecule has 0 heterocycles. The minimum atomic E-state index is -1.79. The van der Waals surface area contributed by atoms with Gasteiger partial charge >= 0.3 is 0 Å². The summed E-state index contributed by atoms with van der Waals surface area (Å²) in [6.07, 6.45) is 0. The molecular formula is C17H24BrFSi. The molecule has 110 valence electrons. The maximum absolute atomic E-state index is 13.8. The molecule has 1 aromatic rings. The van der Waals surface area contributed by atoms with Crippen molar-refractivity contribution >= 4 is 24.0 Å². The molecule has 0 radical (unpaired) electrons. The standard InChI is InChI=1S/C17H24BrFSi/c1-12(2)20(13(3)4,14(5)6)10-9-15-11-16(18)7-8-17(15)19/h7-8,11-14H,1-6H3. The zero-order valence-corrected chi connectivity index (χ0v) is 15.8. The van der Waals surface area contributed by atoms with Crippen LogP contribution in [0.5, 0.6) is 0 Å². The Balaban J connectivity index is 3.34. The number of benzene rings is 1. The van der Waals surface area contributed by atoms with E-state index in [4.69, 9.17) is 0 Å². The predicted molar refractivity (Wildman–Crippen MR) is 92.0 cm³/mol. The van der Waals surface area contributed by atoms with E-state index >= 15 is 0 Å². The highest BCUT2D eigenvalue weighted by molar-refractivity contribution is 9.10. The lowest BCUT2D eigenvalue weighted by atomic mass is 10.2. The Morgan fingerprint density at radius 1 is 1.00 bits per heavy atom. The molecule has 0 saturated carbocycles. The summed E-state index contributed by atoms with van der Waals surface area (Å²) in [5.74, 6) is 2.91. The van der Waals surface area contributed by atoms with Crippen molar-refractivity contribution in [3.63, 3.8) is 0 Å². The highest BCUT2D eigenvalue weighted by Crippen LogP contribution is 2.40. The Labute approximate surface area is 132 Å². The second-order valence-electron chi connectivity index (χ2n) is 6.27. The Kier molecular flexibility index (Phi) is 6.03. The summed E-state index contributed by atoms with van der Waals surface area (Å²) >= 11 is 3.38. The fourth-order valence-corrected chi connectivity index (χ4v) is 8.78. The van der Waals surface area contributed by atoms with Crippen LogP contribution in [0.25, 0.3) is 0 Å². The highest BCUT2D eigenvalue weighted by atomic mass is 79.9. The van der Waals surface area contributed by atoms with Crippen LogP contribution in [-0.4, -0.2) is 8.07 Å². The van der Waals surface area contributed by atoms with Crippen LogP contribution in [0, 0.1) is 17.3 Å². The van der Waals surface area contributed by atoms with Crippen LogP contribution in [0.1, 0.15) is 47.1 Å². The van der Waals surface area contributed by atoms with Crippen molar-refractivity contribution in [3.8, 4) is 11.5 Å². The molecule has 0 unspecified atom stereocenters. The zero-order chi connectivity index (χ0) is 15.5. The fraction of sp³-hybridized carbons (Fsp3) is 0.529. The van der Waals surface area contributed by atoms with E-state index in [1.54, 1.807) is 12.1 Å². The highest BCUT2D eigenvalue weighted by Gasteiger charge is 2.41. The van der Waals surface area contributed by atoms with Crippen molar-refractivity contribution in [1.82, 2.24) is 0 Å². The third kappa shape index (κ3) is 3.54. The summed E-state index contributed by atoms with van der Waals surface area (Å²) in [4.78, 5) is 0. The van der Waals surface area contributed by atoms with Gasteiger partial charge in [0, 0.05) is 4.47 Å². The first-order valence-electron chi connectivity index (χ1n) is 7.20. The van der Waals surface area contributed by atoms with Gasteiger partial charge in [0.1, 0.15) is 13.9 Å². The molecule has 1 rings (SSSR count). The average Bonchev–Trinajstić information content (AvgIpc) is 2.32. The molecule has 0 bridgehead atoms. The van der Waals surface area contributed by atoms with E-state index in [1.807, 2.05) is 0 Å². The predicted octanol–water partition coefficient (Wildman–Crippen LogP) is 6.16. The van der Waals surface area contributed by atoms with Crippen LogP contribution in [0.3, 0.4) is 0 Å². The van der Waals surface area contributed by atoms with Crippen LogP contribution >= 0.6 is 15.9 Å². The van der Waals surface area contributed by atoms with E-state index < -0.39 is 8.07 Å². The quantitative estimate of drug-likeness (QED) is 0.450. The fourth-order valence-electron chi connectivity index (χ4n) is 3.20. The van der Waals surface area contributed by atoms with Crippen LogP contribution in [0.2, 0.25) is 16.6 Å². The van der Waals surface area contributed by atoms with Crippen molar-refractivity contribution in [3.05, 3.63) is 34.1 Å².